The number of hydrogen-bond acceptors (Lipinski definition) is 5. The molecule has 0 saturated carbocycles. The molecule has 1 aliphatic heterocycles. The normalized spacial score (nSPS) is 17.1. The molecule has 1 aromatic rings. The molecule has 2 amide bonds. The van der Waals surface area contributed by atoms with Gasteiger partial charge in [0, 0.05) is 6.54 Å². The number of nitrogens with zero attached hydrogens (tertiary/aromatic N) is 1. The molecule has 0 radical (unpaired) electrons. The lowest BCUT2D eigenvalue weighted by atomic mass is 10.2. The van der Waals surface area contributed by atoms with E-state index in [1.165, 1.54) is 13.2 Å². The Hall–Kier alpha value is -1.66. The highest BCUT2D eigenvalue weighted by Gasteiger charge is 2.33. The van der Waals surface area contributed by atoms with Gasteiger partial charge < -0.3 is 9.84 Å². The summed E-state index contributed by atoms with van der Waals surface area (Å²) < 4.78 is 4.99. The second-order valence-electron chi connectivity index (χ2n) is 3.98. The van der Waals surface area contributed by atoms with E-state index in [4.69, 9.17) is 16.3 Å². The Morgan fingerprint density at radius 3 is 2.70 bits per heavy atom. The number of carbonyl (C=O) groups excluding carboxylic acids is 2. The molecule has 106 valence electrons. The van der Waals surface area contributed by atoms with Crippen molar-refractivity contribution in [2.75, 3.05) is 13.7 Å². The molecule has 20 heavy (non-hydrogen) atoms. The van der Waals surface area contributed by atoms with Gasteiger partial charge in [-0.2, -0.15) is 0 Å². The first-order chi connectivity index (χ1) is 9.47. The second kappa shape index (κ2) is 5.76. The maximum Gasteiger partial charge on any atom is 0.293 e. The number of phenolic OH excluding ortho intramolecular Hbond substituents is 1. The van der Waals surface area contributed by atoms with E-state index in [2.05, 4.69) is 0 Å². The van der Waals surface area contributed by atoms with Gasteiger partial charge in [-0.15, -0.1) is 0 Å². The number of thioether (sulfide) groups is 1. The van der Waals surface area contributed by atoms with Crippen LogP contribution < -0.4 is 4.74 Å². The van der Waals surface area contributed by atoms with Crippen LogP contribution in [-0.2, 0) is 4.79 Å². The van der Waals surface area contributed by atoms with Crippen molar-refractivity contribution in [1.29, 1.82) is 0 Å². The van der Waals surface area contributed by atoms with Crippen molar-refractivity contribution in [2.45, 2.75) is 6.92 Å². The number of rotatable bonds is 3. The van der Waals surface area contributed by atoms with Gasteiger partial charge in [0.15, 0.2) is 11.5 Å². The molecule has 1 fully saturated rings. The van der Waals surface area contributed by atoms with Crippen molar-refractivity contribution in [2.24, 2.45) is 0 Å². The standard InChI is InChI=1S/C13H12ClNO4S/c1-3-15-12(17)10(20-13(15)18)6-7-4-8(14)11(16)9(5-7)19-2/h4-6,16H,3H2,1-2H3/b10-6-. The number of carbonyl (C=O) groups is 2. The molecule has 1 aromatic carbocycles. The number of methoxy groups -OCH3 is 1. The topological polar surface area (TPSA) is 66.8 Å². The zero-order chi connectivity index (χ0) is 14.9. The van der Waals surface area contributed by atoms with Crippen LogP contribution >= 0.6 is 23.4 Å². The van der Waals surface area contributed by atoms with Crippen molar-refractivity contribution in [3.05, 3.63) is 27.6 Å². The van der Waals surface area contributed by atoms with Crippen molar-refractivity contribution in [1.82, 2.24) is 4.90 Å². The zero-order valence-corrected chi connectivity index (χ0v) is 12.4. The molecular formula is C13H12ClNO4S. The van der Waals surface area contributed by atoms with Crippen LogP contribution in [0, 0.1) is 0 Å². The van der Waals surface area contributed by atoms with E-state index in [0.717, 1.165) is 16.7 Å². The number of benzene rings is 1. The fourth-order valence-electron chi connectivity index (χ4n) is 1.76. The number of amides is 2. The monoisotopic (exact) mass is 313 g/mol. The molecule has 7 heteroatoms. The highest BCUT2D eigenvalue weighted by Crippen LogP contribution is 2.37. The van der Waals surface area contributed by atoms with Crippen LogP contribution in [-0.4, -0.2) is 34.8 Å². The maximum atomic E-state index is 12.0. The predicted molar refractivity (Wildman–Crippen MR) is 78.0 cm³/mol. The van der Waals surface area contributed by atoms with Gasteiger partial charge in [0.2, 0.25) is 0 Å². The Labute approximate surface area is 125 Å². The highest BCUT2D eigenvalue weighted by atomic mass is 35.5. The minimum absolute atomic E-state index is 0.116. The summed E-state index contributed by atoms with van der Waals surface area (Å²) in [5.74, 6) is -0.280. The van der Waals surface area contributed by atoms with Crippen LogP contribution in [0.2, 0.25) is 5.02 Å². The molecular weight excluding hydrogens is 302 g/mol. The molecule has 2 rings (SSSR count). The number of aromatic hydroxyl groups is 1. The van der Waals surface area contributed by atoms with Crippen LogP contribution in [0.25, 0.3) is 6.08 Å². The number of hydrogen-bond donors (Lipinski definition) is 1. The van der Waals surface area contributed by atoms with E-state index in [-0.39, 0.29) is 27.7 Å². The number of imide groups is 1. The minimum Gasteiger partial charge on any atom is -0.503 e. The maximum absolute atomic E-state index is 12.0. The summed E-state index contributed by atoms with van der Waals surface area (Å²) in [6.45, 7) is 2.07. The number of phenols is 1. The average Bonchev–Trinajstić information content (AvgIpc) is 2.68. The molecule has 5 nitrogen and oxygen atoms in total. The summed E-state index contributed by atoms with van der Waals surface area (Å²) in [4.78, 5) is 25.0. The third-order valence-electron chi connectivity index (χ3n) is 2.76. The molecule has 0 bridgehead atoms. The summed E-state index contributed by atoms with van der Waals surface area (Å²) in [5, 5.41) is 9.47. The van der Waals surface area contributed by atoms with Gasteiger partial charge in [-0.3, -0.25) is 14.5 Å². The van der Waals surface area contributed by atoms with Gasteiger partial charge >= 0.3 is 0 Å². The molecule has 0 spiro atoms. The van der Waals surface area contributed by atoms with Crippen LogP contribution in [0.3, 0.4) is 0 Å². The van der Waals surface area contributed by atoms with E-state index in [1.807, 2.05) is 0 Å². The summed E-state index contributed by atoms with van der Waals surface area (Å²) in [6.07, 6.45) is 1.55. The predicted octanol–water partition coefficient (Wildman–Crippen LogP) is 3.11. The average molecular weight is 314 g/mol. The molecule has 1 N–H and O–H groups in total. The molecule has 0 unspecified atom stereocenters. The van der Waals surface area contributed by atoms with Crippen LogP contribution in [0.4, 0.5) is 4.79 Å². The Kier molecular flexibility index (Phi) is 4.25. The van der Waals surface area contributed by atoms with E-state index < -0.39 is 0 Å². The van der Waals surface area contributed by atoms with Crippen LogP contribution in [0.1, 0.15) is 12.5 Å². The third-order valence-corrected chi connectivity index (χ3v) is 3.95. The zero-order valence-electron chi connectivity index (χ0n) is 10.8. The number of likely N-dealkylation sites (N-methyl/N-ethyl adjacent to an activating group) is 1. The molecule has 0 aromatic heterocycles. The quantitative estimate of drug-likeness (QED) is 0.868. The molecule has 1 saturated heterocycles. The smallest absolute Gasteiger partial charge is 0.293 e. The summed E-state index contributed by atoms with van der Waals surface area (Å²) in [6, 6.07) is 3.04. The Morgan fingerprint density at radius 1 is 1.45 bits per heavy atom. The first-order valence-electron chi connectivity index (χ1n) is 5.79. The van der Waals surface area contributed by atoms with Crippen molar-refractivity contribution < 1.29 is 19.4 Å². The summed E-state index contributed by atoms with van der Waals surface area (Å²) in [5.41, 5.74) is 0.575. The van der Waals surface area contributed by atoms with Crippen LogP contribution in [0.5, 0.6) is 11.5 Å². The summed E-state index contributed by atoms with van der Waals surface area (Å²) in [7, 11) is 1.40. The minimum atomic E-state index is -0.328. The molecule has 0 aliphatic carbocycles. The van der Waals surface area contributed by atoms with E-state index in [1.54, 1.807) is 19.1 Å². The van der Waals surface area contributed by atoms with Crippen molar-refractivity contribution in [3.8, 4) is 11.5 Å². The van der Waals surface area contributed by atoms with Crippen LogP contribution in [0.15, 0.2) is 17.0 Å². The number of ether oxygens (including phenoxy) is 1. The van der Waals surface area contributed by atoms with Crippen molar-refractivity contribution >= 4 is 40.6 Å². The van der Waals surface area contributed by atoms with Gasteiger partial charge in [0.05, 0.1) is 17.0 Å². The fourth-order valence-corrected chi connectivity index (χ4v) is 2.88. The van der Waals surface area contributed by atoms with E-state index in [0.29, 0.717) is 17.0 Å². The molecule has 1 aliphatic rings. The fraction of sp³-hybridized carbons (Fsp3) is 0.231. The first-order valence-corrected chi connectivity index (χ1v) is 6.99. The van der Waals surface area contributed by atoms with Gasteiger partial charge in [-0.25, -0.2) is 0 Å². The largest absolute Gasteiger partial charge is 0.503 e. The SMILES string of the molecule is CCN1C(=O)S/C(=C\c2cc(Cl)c(O)c(OC)c2)C1=O. The lowest BCUT2D eigenvalue weighted by molar-refractivity contribution is -0.122. The van der Waals surface area contributed by atoms with E-state index in [9.17, 15) is 14.7 Å². The van der Waals surface area contributed by atoms with Gasteiger partial charge in [0.25, 0.3) is 11.1 Å². The first kappa shape index (κ1) is 14.7. The Bertz CT molecular complexity index is 615. The molecule has 0 atom stereocenters. The van der Waals surface area contributed by atoms with E-state index >= 15 is 0 Å². The van der Waals surface area contributed by atoms with Gasteiger partial charge in [-0.05, 0) is 42.5 Å². The Balaban J connectivity index is 2.39. The Morgan fingerprint density at radius 2 is 2.15 bits per heavy atom. The lowest BCUT2D eigenvalue weighted by Crippen LogP contribution is -2.27. The second-order valence-corrected chi connectivity index (χ2v) is 5.38. The summed E-state index contributed by atoms with van der Waals surface area (Å²) >= 11 is 6.75. The number of halogens is 1. The van der Waals surface area contributed by atoms with Gasteiger partial charge in [-0.1, -0.05) is 11.6 Å². The third kappa shape index (κ3) is 2.62. The lowest BCUT2D eigenvalue weighted by Gasteiger charge is -2.08. The molecule has 1 heterocycles. The highest BCUT2D eigenvalue weighted by molar-refractivity contribution is 8.18. The van der Waals surface area contributed by atoms with Gasteiger partial charge in [0.1, 0.15) is 0 Å². The van der Waals surface area contributed by atoms with Crippen molar-refractivity contribution in [3.63, 3.8) is 0 Å².